The van der Waals surface area contributed by atoms with Crippen molar-refractivity contribution in [2.45, 2.75) is 19.9 Å². The summed E-state index contributed by atoms with van der Waals surface area (Å²) in [7, 11) is -3.70. The molecule has 0 aliphatic heterocycles. The fraction of sp³-hybridized carbons (Fsp3) is 0.235. The number of hydrogen-bond acceptors (Lipinski definition) is 3. The van der Waals surface area contributed by atoms with E-state index in [1.807, 2.05) is 6.92 Å². The molecule has 0 saturated carbocycles. The average molecular weight is 401 g/mol. The third-order valence-electron chi connectivity index (χ3n) is 3.59. The molecule has 0 heterocycles. The van der Waals surface area contributed by atoms with E-state index in [0.29, 0.717) is 21.4 Å². The second-order valence-corrected chi connectivity index (χ2v) is 8.37. The van der Waals surface area contributed by atoms with E-state index >= 15 is 0 Å². The number of hydrogen-bond donors (Lipinski definition) is 1. The van der Waals surface area contributed by atoms with Crippen molar-refractivity contribution in [3.8, 4) is 0 Å². The van der Waals surface area contributed by atoms with Gasteiger partial charge in [0, 0.05) is 15.7 Å². The quantitative estimate of drug-likeness (QED) is 0.821. The van der Waals surface area contributed by atoms with Gasteiger partial charge in [0.05, 0.1) is 11.9 Å². The van der Waals surface area contributed by atoms with Crippen molar-refractivity contribution in [3.05, 3.63) is 58.1 Å². The number of nitrogens with one attached hydrogen (secondary N) is 1. The SMILES string of the molecule is Cc1ccc(N([C@H](C)C(=O)Nc2cccc(Cl)c2)S(C)(=O)=O)cc1Cl. The lowest BCUT2D eigenvalue weighted by atomic mass is 10.2. The molecule has 2 aromatic carbocycles. The lowest BCUT2D eigenvalue weighted by Crippen LogP contribution is -2.45. The van der Waals surface area contributed by atoms with Gasteiger partial charge in [0.1, 0.15) is 6.04 Å². The summed E-state index contributed by atoms with van der Waals surface area (Å²) in [5.74, 6) is -0.482. The number of nitrogens with zero attached hydrogens (tertiary/aromatic N) is 1. The Kier molecular flexibility index (Phi) is 5.98. The van der Waals surface area contributed by atoms with Crippen LogP contribution in [0.4, 0.5) is 11.4 Å². The van der Waals surface area contributed by atoms with Gasteiger partial charge < -0.3 is 5.32 Å². The fourth-order valence-electron chi connectivity index (χ4n) is 2.34. The molecule has 2 rings (SSSR count). The normalized spacial score (nSPS) is 12.5. The number of carbonyl (C=O) groups excluding carboxylic acids is 1. The monoisotopic (exact) mass is 400 g/mol. The number of carbonyl (C=O) groups is 1. The number of rotatable bonds is 5. The van der Waals surface area contributed by atoms with E-state index in [1.165, 1.54) is 13.0 Å². The van der Waals surface area contributed by atoms with Crippen LogP contribution in [0.15, 0.2) is 42.5 Å². The minimum Gasteiger partial charge on any atom is -0.324 e. The average Bonchev–Trinajstić information content (AvgIpc) is 2.49. The van der Waals surface area contributed by atoms with Crippen molar-refractivity contribution in [1.82, 2.24) is 0 Å². The molecule has 0 saturated heterocycles. The molecule has 8 heteroatoms. The molecule has 2 aromatic rings. The van der Waals surface area contributed by atoms with Gasteiger partial charge in [-0.25, -0.2) is 8.42 Å². The van der Waals surface area contributed by atoms with Crippen LogP contribution >= 0.6 is 23.2 Å². The van der Waals surface area contributed by atoms with Gasteiger partial charge in [-0.2, -0.15) is 0 Å². The highest BCUT2D eigenvalue weighted by Gasteiger charge is 2.29. The van der Waals surface area contributed by atoms with Crippen molar-refractivity contribution in [2.24, 2.45) is 0 Å². The topological polar surface area (TPSA) is 66.5 Å². The van der Waals surface area contributed by atoms with Crippen LogP contribution in [-0.2, 0) is 14.8 Å². The third-order valence-corrected chi connectivity index (χ3v) is 5.47. The molecule has 0 aliphatic carbocycles. The Labute approximate surface area is 157 Å². The van der Waals surface area contributed by atoms with E-state index < -0.39 is 22.0 Å². The maximum Gasteiger partial charge on any atom is 0.247 e. The van der Waals surface area contributed by atoms with Gasteiger partial charge in [0.15, 0.2) is 0 Å². The summed E-state index contributed by atoms with van der Waals surface area (Å²) in [6.45, 7) is 3.32. The second kappa shape index (κ2) is 7.64. The van der Waals surface area contributed by atoms with Crippen molar-refractivity contribution < 1.29 is 13.2 Å². The predicted molar refractivity (Wildman–Crippen MR) is 103 cm³/mol. The highest BCUT2D eigenvalue weighted by Crippen LogP contribution is 2.27. The zero-order chi connectivity index (χ0) is 18.8. The Morgan fingerprint density at radius 2 is 1.84 bits per heavy atom. The maximum absolute atomic E-state index is 12.5. The number of aryl methyl sites for hydroxylation is 1. The molecule has 1 amide bonds. The van der Waals surface area contributed by atoms with E-state index in [9.17, 15) is 13.2 Å². The summed E-state index contributed by atoms with van der Waals surface area (Å²) in [5, 5.41) is 3.56. The first-order chi connectivity index (χ1) is 11.6. The Morgan fingerprint density at radius 3 is 2.40 bits per heavy atom. The number of benzene rings is 2. The summed E-state index contributed by atoms with van der Waals surface area (Å²) >= 11 is 12.0. The molecule has 0 spiro atoms. The lowest BCUT2D eigenvalue weighted by Gasteiger charge is -2.28. The van der Waals surface area contributed by atoms with Gasteiger partial charge >= 0.3 is 0 Å². The maximum atomic E-state index is 12.5. The first-order valence-corrected chi connectivity index (χ1v) is 10.0. The molecular formula is C17H18Cl2N2O3S. The van der Waals surface area contributed by atoms with Crippen LogP contribution in [0.3, 0.4) is 0 Å². The Bertz CT molecular complexity index is 901. The zero-order valence-electron chi connectivity index (χ0n) is 14.0. The number of anilines is 2. The van der Waals surface area contributed by atoms with E-state index in [1.54, 1.807) is 36.4 Å². The molecule has 5 nitrogen and oxygen atoms in total. The predicted octanol–water partition coefficient (Wildman–Crippen LogP) is 4.10. The zero-order valence-corrected chi connectivity index (χ0v) is 16.3. The van der Waals surface area contributed by atoms with Crippen LogP contribution in [-0.4, -0.2) is 26.6 Å². The number of sulfonamides is 1. The largest absolute Gasteiger partial charge is 0.324 e. The van der Waals surface area contributed by atoms with E-state index in [2.05, 4.69) is 5.32 Å². The minimum absolute atomic E-state index is 0.326. The van der Waals surface area contributed by atoms with Gasteiger partial charge in [0.25, 0.3) is 0 Å². The van der Waals surface area contributed by atoms with E-state index in [4.69, 9.17) is 23.2 Å². The van der Waals surface area contributed by atoms with E-state index in [0.717, 1.165) is 16.1 Å². The molecule has 0 radical (unpaired) electrons. The molecule has 1 atom stereocenters. The highest BCUT2D eigenvalue weighted by atomic mass is 35.5. The molecule has 134 valence electrons. The van der Waals surface area contributed by atoms with Crippen LogP contribution < -0.4 is 9.62 Å². The first kappa shape index (κ1) is 19.6. The summed E-state index contributed by atoms with van der Waals surface area (Å²) in [4.78, 5) is 12.5. The van der Waals surface area contributed by atoms with Gasteiger partial charge in [-0.05, 0) is 49.7 Å². The molecule has 1 N–H and O–H groups in total. The Morgan fingerprint density at radius 1 is 1.16 bits per heavy atom. The summed E-state index contributed by atoms with van der Waals surface area (Å²) < 4.78 is 25.6. The fourth-order valence-corrected chi connectivity index (χ4v) is 3.87. The van der Waals surface area contributed by atoms with Crippen LogP contribution in [0, 0.1) is 6.92 Å². The standard InChI is InChI=1S/C17H18Cl2N2O3S/c1-11-7-8-15(10-16(11)19)21(25(3,23)24)12(2)17(22)20-14-6-4-5-13(18)9-14/h4-10,12H,1-3H3,(H,20,22)/t12-/m1/s1. The van der Waals surface area contributed by atoms with Crippen molar-refractivity contribution in [3.63, 3.8) is 0 Å². The van der Waals surface area contributed by atoms with Crippen LogP contribution in [0.5, 0.6) is 0 Å². The van der Waals surface area contributed by atoms with Gasteiger partial charge in [0.2, 0.25) is 15.9 Å². The highest BCUT2D eigenvalue weighted by molar-refractivity contribution is 7.92. The Balaban J connectivity index is 2.34. The molecular weight excluding hydrogens is 383 g/mol. The van der Waals surface area contributed by atoms with Crippen molar-refractivity contribution in [2.75, 3.05) is 15.9 Å². The summed E-state index contributed by atoms with van der Waals surface area (Å²) in [6.07, 6.45) is 1.05. The second-order valence-electron chi connectivity index (χ2n) is 5.67. The van der Waals surface area contributed by atoms with Crippen LogP contribution in [0.1, 0.15) is 12.5 Å². The van der Waals surface area contributed by atoms with Crippen LogP contribution in [0.25, 0.3) is 0 Å². The Hall–Kier alpha value is -1.76. The smallest absolute Gasteiger partial charge is 0.247 e. The number of amides is 1. The first-order valence-electron chi connectivity index (χ1n) is 7.41. The molecule has 25 heavy (non-hydrogen) atoms. The number of halogens is 2. The van der Waals surface area contributed by atoms with Gasteiger partial charge in [-0.15, -0.1) is 0 Å². The van der Waals surface area contributed by atoms with Crippen molar-refractivity contribution >= 4 is 50.5 Å². The third kappa shape index (κ3) is 4.87. The van der Waals surface area contributed by atoms with Gasteiger partial charge in [-0.3, -0.25) is 9.10 Å². The minimum atomic E-state index is -3.70. The summed E-state index contributed by atoms with van der Waals surface area (Å²) in [5.41, 5.74) is 1.63. The van der Waals surface area contributed by atoms with Gasteiger partial charge in [-0.1, -0.05) is 35.3 Å². The molecule has 0 bridgehead atoms. The molecule has 0 fully saturated rings. The molecule has 0 aromatic heterocycles. The van der Waals surface area contributed by atoms with Crippen molar-refractivity contribution in [1.29, 1.82) is 0 Å². The van der Waals surface area contributed by atoms with Crippen LogP contribution in [0.2, 0.25) is 10.0 Å². The summed E-state index contributed by atoms with van der Waals surface area (Å²) in [6, 6.07) is 10.5. The lowest BCUT2D eigenvalue weighted by molar-refractivity contribution is -0.116. The molecule has 0 aliphatic rings. The van der Waals surface area contributed by atoms with E-state index in [-0.39, 0.29) is 0 Å². The molecule has 0 unspecified atom stereocenters.